The number of aliphatic imine (C=N–C) groups is 1. The van der Waals surface area contributed by atoms with Crippen molar-refractivity contribution in [2.75, 3.05) is 26.2 Å². The molecule has 7 nitrogen and oxygen atoms in total. The molecule has 3 rings (SSSR count). The highest BCUT2D eigenvalue weighted by Gasteiger charge is 2.28. The molecule has 1 saturated heterocycles. The van der Waals surface area contributed by atoms with Gasteiger partial charge in [-0.2, -0.15) is 0 Å². The molecule has 0 spiro atoms. The van der Waals surface area contributed by atoms with Gasteiger partial charge in [0, 0.05) is 38.6 Å². The van der Waals surface area contributed by atoms with E-state index in [1.807, 2.05) is 26.2 Å². The molecule has 1 N–H and O–H groups in total. The molecule has 0 saturated carbocycles. The zero-order valence-corrected chi connectivity index (χ0v) is 18.3. The predicted octanol–water partition coefficient (Wildman–Crippen LogP) is 2.98. The number of carbonyl (C=O) groups excluding carboxylic acids is 1. The van der Waals surface area contributed by atoms with Gasteiger partial charge in [0.1, 0.15) is 5.82 Å². The minimum Gasteiger partial charge on any atom is -0.466 e. The Morgan fingerprint density at radius 2 is 2.17 bits per heavy atom. The van der Waals surface area contributed by atoms with Crippen LogP contribution < -0.4 is 5.32 Å². The highest BCUT2D eigenvalue weighted by molar-refractivity contribution is 5.81. The van der Waals surface area contributed by atoms with Gasteiger partial charge >= 0.3 is 5.97 Å². The van der Waals surface area contributed by atoms with Crippen molar-refractivity contribution in [2.45, 2.75) is 46.7 Å². The van der Waals surface area contributed by atoms with Gasteiger partial charge in [0.05, 0.1) is 19.1 Å². The number of nitrogens with zero attached hydrogens (tertiary/aromatic N) is 4. The zero-order valence-electron chi connectivity index (χ0n) is 18.3. The first-order chi connectivity index (χ1) is 14.6. The van der Waals surface area contributed by atoms with Crippen molar-refractivity contribution < 1.29 is 9.53 Å². The van der Waals surface area contributed by atoms with E-state index in [1.165, 1.54) is 11.1 Å². The maximum Gasteiger partial charge on any atom is 0.310 e. The lowest BCUT2D eigenvalue weighted by atomic mass is 9.98. The van der Waals surface area contributed by atoms with E-state index in [0.717, 1.165) is 44.3 Å². The van der Waals surface area contributed by atoms with E-state index >= 15 is 0 Å². The third-order valence-electron chi connectivity index (χ3n) is 5.36. The number of benzene rings is 1. The van der Waals surface area contributed by atoms with E-state index in [0.29, 0.717) is 19.7 Å². The van der Waals surface area contributed by atoms with Gasteiger partial charge in [0.2, 0.25) is 0 Å². The van der Waals surface area contributed by atoms with Gasteiger partial charge in [-0.3, -0.25) is 4.79 Å². The molecule has 2 aromatic rings. The van der Waals surface area contributed by atoms with Crippen LogP contribution in [0, 0.1) is 12.8 Å². The molecule has 0 amide bonds. The van der Waals surface area contributed by atoms with Crippen molar-refractivity contribution in [3.05, 3.63) is 53.6 Å². The summed E-state index contributed by atoms with van der Waals surface area (Å²) in [5, 5.41) is 3.38. The topological polar surface area (TPSA) is 71.8 Å². The fourth-order valence-electron chi connectivity index (χ4n) is 3.81. The van der Waals surface area contributed by atoms with Crippen molar-refractivity contribution in [2.24, 2.45) is 10.9 Å². The minimum absolute atomic E-state index is 0.0793. The Hall–Kier alpha value is -2.83. The van der Waals surface area contributed by atoms with Crippen molar-refractivity contribution in [1.82, 2.24) is 19.8 Å². The Kier molecular flexibility index (Phi) is 7.88. The minimum atomic E-state index is -0.0967. The largest absolute Gasteiger partial charge is 0.466 e. The van der Waals surface area contributed by atoms with Crippen LogP contribution >= 0.6 is 0 Å². The summed E-state index contributed by atoms with van der Waals surface area (Å²) in [6, 6.07) is 8.52. The van der Waals surface area contributed by atoms with Crippen molar-refractivity contribution in [3.63, 3.8) is 0 Å². The van der Waals surface area contributed by atoms with E-state index in [4.69, 9.17) is 9.73 Å². The van der Waals surface area contributed by atoms with E-state index < -0.39 is 0 Å². The summed E-state index contributed by atoms with van der Waals surface area (Å²) in [6.45, 7) is 10.1. The molecule has 162 valence electrons. The van der Waals surface area contributed by atoms with Gasteiger partial charge in [-0.1, -0.05) is 24.3 Å². The van der Waals surface area contributed by atoms with E-state index in [1.54, 1.807) is 0 Å². The number of likely N-dealkylation sites (tertiary alicyclic amines) is 1. The Bertz CT molecular complexity index is 861. The normalized spacial score (nSPS) is 17.1. The lowest BCUT2D eigenvalue weighted by Crippen LogP contribution is -2.48. The lowest BCUT2D eigenvalue weighted by molar-refractivity contribution is -0.149. The molecule has 30 heavy (non-hydrogen) atoms. The third-order valence-corrected chi connectivity index (χ3v) is 5.36. The monoisotopic (exact) mass is 411 g/mol. The van der Waals surface area contributed by atoms with Crippen molar-refractivity contribution >= 4 is 11.9 Å². The van der Waals surface area contributed by atoms with Crippen molar-refractivity contribution in [3.8, 4) is 0 Å². The lowest BCUT2D eigenvalue weighted by Gasteiger charge is -2.34. The summed E-state index contributed by atoms with van der Waals surface area (Å²) >= 11 is 0. The average molecular weight is 412 g/mol. The predicted molar refractivity (Wildman–Crippen MR) is 118 cm³/mol. The molecule has 1 aromatic carbocycles. The number of aromatic nitrogens is 2. The first-order valence-corrected chi connectivity index (χ1v) is 10.9. The van der Waals surface area contributed by atoms with Crippen LogP contribution in [-0.2, 0) is 22.6 Å². The fourth-order valence-corrected chi connectivity index (χ4v) is 3.81. The van der Waals surface area contributed by atoms with Gasteiger partial charge in [-0.05, 0) is 44.7 Å². The second-order valence-corrected chi connectivity index (χ2v) is 7.63. The Balaban J connectivity index is 1.68. The molecule has 0 aliphatic carbocycles. The molecule has 1 aliphatic heterocycles. The van der Waals surface area contributed by atoms with Crippen LogP contribution in [-0.4, -0.2) is 52.6 Å². The molecule has 0 unspecified atom stereocenters. The Morgan fingerprint density at radius 3 is 2.90 bits per heavy atom. The number of carbonyl (C=O) groups is 1. The molecule has 1 aromatic heterocycles. The second kappa shape index (κ2) is 10.8. The van der Waals surface area contributed by atoms with Crippen LogP contribution in [0.1, 0.15) is 43.6 Å². The molecular formula is C23H33N5O2. The van der Waals surface area contributed by atoms with Crippen LogP contribution in [0.2, 0.25) is 0 Å². The summed E-state index contributed by atoms with van der Waals surface area (Å²) in [5.41, 5.74) is 2.40. The average Bonchev–Trinajstić information content (AvgIpc) is 3.16. The Morgan fingerprint density at radius 1 is 1.33 bits per heavy atom. The molecule has 1 aliphatic rings. The number of imidazole rings is 1. The van der Waals surface area contributed by atoms with E-state index in [-0.39, 0.29) is 11.9 Å². The van der Waals surface area contributed by atoms with Crippen LogP contribution in [0.15, 0.2) is 41.7 Å². The molecule has 0 bridgehead atoms. The standard InChI is InChI=1S/C23H33N5O2/c1-4-24-23(28-12-7-10-21(17-28)22(29)30-5-2)26-15-19-8-6-9-20(14-19)16-27-13-11-25-18(27)3/h6,8-9,11,13-14,21H,4-5,7,10,12,15-17H2,1-3H3,(H,24,26)/t21-/m0/s1. The van der Waals surface area contributed by atoms with Crippen LogP contribution in [0.4, 0.5) is 0 Å². The number of rotatable bonds is 7. The first kappa shape index (κ1) is 21.9. The highest BCUT2D eigenvalue weighted by Crippen LogP contribution is 2.18. The Labute approximate surface area is 179 Å². The maximum atomic E-state index is 12.2. The van der Waals surface area contributed by atoms with Gasteiger partial charge in [0.15, 0.2) is 5.96 Å². The number of esters is 1. The fraction of sp³-hybridized carbons (Fsp3) is 0.522. The van der Waals surface area contributed by atoms with Crippen molar-refractivity contribution in [1.29, 1.82) is 0 Å². The highest BCUT2D eigenvalue weighted by atomic mass is 16.5. The van der Waals surface area contributed by atoms with Crippen LogP contribution in [0.3, 0.4) is 0 Å². The molecular weight excluding hydrogens is 378 g/mol. The molecule has 1 fully saturated rings. The zero-order chi connectivity index (χ0) is 21.3. The van der Waals surface area contributed by atoms with E-state index in [2.05, 4.69) is 51.0 Å². The molecule has 0 radical (unpaired) electrons. The summed E-state index contributed by atoms with van der Waals surface area (Å²) in [5.74, 6) is 1.70. The molecule has 1 atom stereocenters. The van der Waals surface area contributed by atoms with Crippen LogP contribution in [0.5, 0.6) is 0 Å². The number of piperidine rings is 1. The van der Waals surface area contributed by atoms with Gasteiger partial charge in [-0.25, -0.2) is 9.98 Å². The smallest absolute Gasteiger partial charge is 0.310 e. The van der Waals surface area contributed by atoms with Gasteiger partial charge in [-0.15, -0.1) is 0 Å². The molecule has 7 heteroatoms. The number of guanidine groups is 1. The second-order valence-electron chi connectivity index (χ2n) is 7.63. The SMILES string of the molecule is CCNC(=NCc1cccc(Cn2ccnc2C)c1)N1CCC[C@H](C(=O)OCC)C1. The summed E-state index contributed by atoms with van der Waals surface area (Å²) in [6.07, 6.45) is 5.67. The maximum absolute atomic E-state index is 12.2. The number of aryl methyl sites for hydroxylation is 1. The first-order valence-electron chi connectivity index (χ1n) is 10.9. The number of hydrogen-bond acceptors (Lipinski definition) is 4. The number of ether oxygens (including phenoxy) is 1. The van der Waals surface area contributed by atoms with Crippen LogP contribution in [0.25, 0.3) is 0 Å². The number of nitrogens with one attached hydrogen (secondary N) is 1. The van der Waals surface area contributed by atoms with E-state index in [9.17, 15) is 4.79 Å². The summed E-state index contributed by atoms with van der Waals surface area (Å²) < 4.78 is 7.37. The summed E-state index contributed by atoms with van der Waals surface area (Å²) in [7, 11) is 0. The third kappa shape index (κ3) is 5.84. The quantitative estimate of drug-likeness (QED) is 0.431. The summed E-state index contributed by atoms with van der Waals surface area (Å²) in [4.78, 5) is 23.5. The number of hydrogen-bond donors (Lipinski definition) is 1. The van der Waals surface area contributed by atoms with Gasteiger partial charge in [0.25, 0.3) is 0 Å². The van der Waals surface area contributed by atoms with Gasteiger partial charge < -0.3 is 19.5 Å². The molecule has 2 heterocycles.